The van der Waals surface area contributed by atoms with Gasteiger partial charge in [0.15, 0.2) is 0 Å². The molecule has 1 radical (unpaired) electrons. The lowest BCUT2D eigenvalue weighted by Gasteiger charge is -2.08. The van der Waals surface area contributed by atoms with E-state index in [1.54, 1.807) is 6.20 Å². The van der Waals surface area contributed by atoms with Gasteiger partial charge in [0.1, 0.15) is 12.4 Å². The third-order valence-electron chi connectivity index (χ3n) is 2.82. The summed E-state index contributed by atoms with van der Waals surface area (Å²) >= 11 is 0. The maximum Gasteiger partial charge on any atom is 0.127 e. The van der Waals surface area contributed by atoms with E-state index >= 15 is 0 Å². The predicted molar refractivity (Wildman–Crippen MR) is 71.4 cm³/mol. The average molecular weight is 234 g/mol. The van der Waals surface area contributed by atoms with Crippen LogP contribution in [-0.4, -0.2) is 4.98 Å². The molecule has 0 amide bonds. The molecule has 0 bridgehead atoms. The van der Waals surface area contributed by atoms with E-state index in [-0.39, 0.29) is 0 Å². The Morgan fingerprint density at radius 1 is 1.06 bits per heavy atom. The summed E-state index contributed by atoms with van der Waals surface area (Å²) in [6.07, 6.45) is 3.63. The van der Waals surface area contributed by atoms with Crippen LogP contribution in [0.3, 0.4) is 0 Å². The molecule has 0 spiro atoms. The van der Waals surface area contributed by atoms with Gasteiger partial charge in [-0.2, -0.15) is 0 Å². The first-order valence-corrected chi connectivity index (χ1v) is 5.84. The van der Waals surface area contributed by atoms with Crippen molar-refractivity contribution in [1.29, 1.82) is 0 Å². The van der Waals surface area contributed by atoms with Gasteiger partial charge >= 0.3 is 0 Å². The van der Waals surface area contributed by atoms with E-state index in [1.165, 1.54) is 0 Å². The largest absolute Gasteiger partial charge is 0.488 e. The molecule has 3 aromatic rings. The number of pyridine rings is 1. The molecule has 0 N–H and O–H groups in total. The Balaban J connectivity index is 1.87. The zero-order valence-corrected chi connectivity index (χ0v) is 9.84. The smallest absolute Gasteiger partial charge is 0.127 e. The molecule has 0 atom stereocenters. The molecule has 1 heterocycles. The molecular weight excluding hydrogens is 222 g/mol. The van der Waals surface area contributed by atoms with Crippen molar-refractivity contribution in [2.24, 2.45) is 0 Å². The number of benzene rings is 2. The van der Waals surface area contributed by atoms with Crippen molar-refractivity contribution in [3.8, 4) is 5.75 Å². The highest BCUT2D eigenvalue weighted by molar-refractivity contribution is 5.87. The van der Waals surface area contributed by atoms with Crippen molar-refractivity contribution in [1.82, 2.24) is 4.98 Å². The van der Waals surface area contributed by atoms with Crippen molar-refractivity contribution in [3.63, 3.8) is 0 Å². The third kappa shape index (κ3) is 2.18. The normalized spacial score (nSPS) is 10.4. The highest BCUT2D eigenvalue weighted by Gasteiger charge is 2.01. The summed E-state index contributed by atoms with van der Waals surface area (Å²) in [4.78, 5) is 4.11. The summed E-state index contributed by atoms with van der Waals surface area (Å²) in [7, 11) is 0. The van der Waals surface area contributed by atoms with Crippen molar-refractivity contribution < 1.29 is 4.74 Å². The van der Waals surface area contributed by atoms with Gasteiger partial charge in [0.2, 0.25) is 0 Å². The van der Waals surface area contributed by atoms with E-state index in [0.29, 0.717) is 6.61 Å². The van der Waals surface area contributed by atoms with Crippen LogP contribution >= 0.6 is 0 Å². The molecule has 0 fully saturated rings. The van der Waals surface area contributed by atoms with E-state index in [9.17, 15) is 0 Å². The topological polar surface area (TPSA) is 22.1 Å². The van der Waals surface area contributed by atoms with E-state index in [2.05, 4.69) is 11.1 Å². The molecule has 0 saturated carbocycles. The maximum atomic E-state index is 5.86. The minimum atomic E-state index is 0.566. The van der Waals surface area contributed by atoms with Gasteiger partial charge in [-0.3, -0.25) is 4.98 Å². The summed E-state index contributed by atoms with van der Waals surface area (Å²) in [5.74, 6) is 0.891. The van der Waals surface area contributed by atoms with Gasteiger partial charge in [0.05, 0.1) is 0 Å². The van der Waals surface area contributed by atoms with E-state index in [1.807, 2.05) is 54.7 Å². The number of fused-ring (bicyclic) bond motifs is 1. The molecule has 2 heteroatoms. The third-order valence-corrected chi connectivity index (χ3v) is 2.82. The molecule has 1 aromatic heterocycles. The molecule has 0 unspecified atom stereocenters. The lowest BCUT2D eigenvalue weighted by molar-refractivity contribution is 0.310. The second kappa shape index (κ2) is 4.88. The highest BCUT2D eigenvalue weighted by atomic mass is 16.5. The van der Waals surface area contributed by atoms with Gasteiger partial charge in [-0.05, 0) is 23.8 Å². The Bertz CT molecular complexity index is 644. The second-order valence-corrected chi connectivity index (χ2v) is 4.05. The summed E-state index contributed by atoms with van der Waals surface area (Å²) in [5, 5.41) is 2.19. The van der Waals surface area contributed by atoms with Crippen LogP contribution in [0.1, 0.15) is 5.56 Å². The van der Waals surface area contributed by atoms with Gasteiger partial charge in [0, 0.05) is 23.2 Å². The Morgan fingerprint density at radius 2 is 1.94 bits per heavy atom. The fraction of sp³-hybridized carbons (Fsp3) is 0.0625. The average Bonchev–Trinajstić information content (AvgIpc) is 2.46. The van der Waals surface area contributed by atoms with E-state index in [4.69, 9.17) is 4.74 Å². The molecule has 2 aromatic carbocycles. The van der Waals surface area contributed by atoms with Crippen LogP contribution in [0.25, 0.3) is 10.8 Å². The molecule has 0 aliphatic rings. The molecule has 2 nitrogen and oxygen atoms in total. The van der Waals surface area contributed by atoms with Crippen LogP contribution in [-0.2, 0) is 6.61 Å². The van der Waals surface area contributed by atoms with Crippen LogP contribution in [0.4, 0.5) is 0 Å². The monoisotopic (exact) mass is 234 g/mol. The van der Waals surface area contributed by atoms with Crippen LogP contribution in [0.2, 0.25) is 0 Å². The van der Waals surface area contributed by atoms with Crippen molar-refractivity contribution in [2.75, 3.05) is 0 Å². The zero-order valence-electron chi connectivity index (χ0n) is 9.84. The Morgan fingerprint density at radius 3 is 2.83 bits per heavy atom. The number of rotatable bonds is 3. The van der Waals surface area contributed by atoms with Gasteiger partial charge in [-0.25, -0.2) is 0 Å². The Labute approximate surface area is 106 Å². The fourth-order valence-electron chi connectivity index (χ4n) is 1.90. The minimum Gasteiger partial charge on any atom is -0.488 e. The van der Waals surface area contributed by atoms with E-state index < -0.39 is 0 Å². The Hall–Kier alpha value is -2.35. The Kier molecular flexibility index (Phi) is 2.92. The van der Waals surface area contributed by atoms with E-state index in [0.717, 1.165) is 22.1 Å². The van der Waals surface area contributed by atoms with Crippen molar-refractivity contribution in [3.05, 3.63) is 72.6 Å². The fourth-order valence-corrected chi connectivity index (χ4v) is 1.90. The number of ether oxygens (including phenoxy) is 1. The summed E-state index contributed by atoms with van der Waals surface area (Å²) in [6.45, 7) is 0.566. The van der Waals surface area contributed by atoms with Crippen LogP contribution < -0.4 is 4.74 Å². The summed E-state index contributed by atoms with van der Waals surface area (Å²) < 4.78 is 5.86. The molecule has 87 valence electrons. The lowest BCUT2D eigenvalue weighted by Crippen LogP contribution is -1.95. The van der Waals surface area contributed by atoms with Crippen LogP contribution in [0.15, 0.2) is 60.9 Å². The lowest BCUT2D eigenvalue weighted by atomic mass is 10.1. The first-order chi connectivity index (χ1) is 8.93. The maximum absolute atomic E-state index is 5.86. The van der Waals surface area contributed by atoms with Gasteiger partial charge in [0.25, 0.3) is 0 Å². The number of nitrogens with zero attached hydrogens (tertiary/aromatic N) is 1. The number of aromatic nitrogens is 1. The second-order valence-electron chi connectivity index (χ2n) is 4.05. The molecule has 0 aliphatic heterocycles. The SMILES string of the molecule is [c]1ccc(COc2cccc3cnccc23)cc1. The molecule has 0 saturated heterocycles. The number of hydrogen-bond donors (Lipinski definition) is 0. The molecular formula is C16H12NO. The van der Waals surface area contributed by atoms with Gasteiger partial charge < -0.3 is 4.74 Å². The van der Waals surface area contributed by atoms with Crippen LogP contribution in [0, 0.1) is 6.07 Å². The summed E-state index contributed by atoms with van der Waals surface area (Å²) in [5.41, 5.74) is 1.14. The van der Waals surface area contributed by atoms with Crippen molar-refractivity contribution in [2.45, 2.75) is 6.61 Å². The molecule has 18 heavy (non-hydrogen) atoms. The highest BCUT2D eigenvalue weighted by Crippen LogP contribution is 2.25. The minimum absolute atomic E-state index is 0.566. The molecule has 3 rings (SSSR count). The first kappa shape index (κ1) is 10.8. The number of hydrogen-bond acceptors (Lipinski definition) is 2. The van der Waals surface area contributed by atoms with Gasteiger partial charge in [-0.15, -0.1) is 0 Å². The first-order valence-electron chi connectivity index (χ1n) is 5.84. The molecule has 0 aliphatic carbocycles. The standard InChI is InChI=1S/C16H12NO/c1-2-5-13(6-3-1)12-18-16-8-4-7-14-11-17-10-9-15(14)16/h2-11H,12H2. The van der Waals surface area contributed by atoms with Gasteiger partial charge in [-0.1, -0.05) is 36.4 Å². The van der Waals surface area contributed by atoms with Crippen LogP contribution in [0.5, 0.6) is 5.75 Å². The zero-order chi connectivity index (χ0) is 12.2. The quantitative estimate of drug-likeness (QED) is 0.690. The van der Waals surface area contributed by atoms with Crippen molar-refractivity contribution >= 4 is 10.8 Å². The predicted octanol–water partition coefficient (Wildman–Crippen LogP) is 3.61. The summed E-state index contributed by atoms with van der Waals surface area (Å²) in [6, 6.07) is 18.8.